The quantitative estimate of drug-likeness (QED) is 0.748. The minimum absolute atomic E-state index is 0.121. The molecule has 0 radical (unpaired) electrons. The van der Waals surface area contributed by atoms with E-state index in [4.69, 9.17) is 4.74 Å². The molecular weight excluding hydrogens is 294 g/mol. The van der Waals surface area contributed by atoms with Gasteiger partial charge in [0.2, 0.25) is 0 Å². The summed E-state index contributed by atoms with van der Waals surface area (Å²) in [6.45, 7) is 0. The molecule has 2 aromatic carbocycles. The number of carbonyl (C=O) groups is 1. The fraction of sp³-hybridized carbons (Fsp3) is 0.167. The molecule has 22 heavy (non-hydrogen) atoms. The summed E-state index contributed by atoms with van der Waals surface area (Å²) in [6, 6.07) is 14.0. The van der Waals surface area contributed by atoms with Crippen LogP contribution in [0.5, 0.6) is 5.75 Å². The number of nitrogens with zero attached hydrogens (tertiary/aromatic N) is 1. The number of methoxy groups -OCH3 is 1. The average Bonchev–Trinajstić information content (AvgIpc) is 3.05. The zero-order chi connectivity index (χ0) is 15.3. The van der Waals surface area contributed by atoms with Gasteiger partial charge in [0.1, 0.15) is 5.75 Å². The van der Waals surface area contributed by atoms with Crippen molar-refractivity contribution in [2.75, 3.05) is 19.1 Å². The second-order valence-corrected chi connectivity index (χ2v) is 6.47. The number of para-hydroxylation sites is 1. The summed E-state index contributed by atoms with van der Waals surface area (Å²) >= 11 is 1.68. The number of anilines is 1. The van der Waals surface area contributed by atoms with Crippen molar-refractivity contribution in [2.45, 2.75) is 11.3 Å². The number of benzene rings is 2. The molecule has 1 heterocycles. The van der Waals surface area contributed by atoms with Crippen molar-refractivity contribution >= 4 is 23.2 Å². The Hall–Kier alpha value is -2.20. The van der Waals surface area contributed by atoms with E-state index < -0.39 is 0 Å². The van der Waals surface area contributed by atoms with Crippen molar-refractivity contribution in [3.63, 3.8) is 0 Å². The SMILES string of the molecule is COc1ccc2c(c1)C(=O)C(=C1Sc3ccccc3N1C)C2. The molecule has 2 aliphatic rings. The van der Waals surface area contributed by atoms with E-state index in [9.17, 15) is 4.79 Å². The summed E-state index contributed by atoms with van der Waals surface area (Å²) < 4.78 is 5.24. The molecule has 2 aromatic rings. The Morgan fingerprint density at radius 2 is 2.00 bits per heavy atom. The van der Waals surface area contributed by atoms with Crippen molar-refractivity contribution in [2.24, 2.45) is 0 Å². The van der Waals surface area contributed by atoms with Gasteiger partial charge in [-0.1, -0.05) is 30.0 Å². The van der Waals surface area contributed by atoms with E-state index in [1.807, 2.05) is 37.4 Å². The maximum Gasteiger partial charge on any atom is 0.192 e. The Labute approximate surface area is 133 Å². The molecule has 0 spiro atoms. The predicted octanol–water partition coefficient (Wildman–Crippen LogP) is 3.89. The Kier molecular flexibility index (Phi) is 3.01. The van der Waals surface area contributed by atoms with E-state index in [1.165, 1.54) is 4.90 Å². The largest absolute Gasteiger partial charge is 0.497 e. The topological polar surface area (TPSA) is 29.5 Å². The van der Waals surface area contributed by atoms with Crippen molar-refractivity contribution in [1.29, 1.82) is 0 Å². The number of ketones is 1. The molecule has 4 rings (SSSR count). The van der Waals surface area contributed by atoms with Gasteiger partial charge in [-0.2, -0.15) is 0 Å². The van der Waals surface area contributed by atoms with Crippen LogP contribution in [0.25, 0.3) is 0 Å². The Morgan fingerprint density at radius 1 is 1.18 bits per heavy atom. The van der Waals surface area contributed by atoms with Crippen molar-refractivity contribution in [3.8, 4) is 5.75 Å². The van der Waals surface area contributed by atoms with Crippen molar-refractivity contribution in [1.82, 2.24) is 0 Å². The van der Waals surface area contributed by atoms with E-state index in [1.54, 1.807) is 18.9 Å². The predicted molar refractivity (Wildman–Crippen MR) is 88.8 cm³/mol. The second-order valence-electron chi connectivity index (χ2n) is 5.44. The van der Waals surface area contributed by atoms with E-state index in [0.717, 1.165) is 33.2 Å². The molecule has 0 bridgehead atoms. The van der Waals surface area contributed by atoms with E-state index in [0.29, 0.717) is 6.42 Å². The summed E-state index contributed by atoms with van der Waals surface area (Å²) in [5, 5.41) is 1.04. The summed E-state index contributed by atoms with van der Waals surface area (Å²) in [5.41, 5.74) is 3.90. The summed E-state index contributed by atoms with van der Waals surface area (Å²) in [4.78, 5) is 16.1. The van der Waals surface area contributed by atoms with E-state index >= 15 is 0 Å². The maximum atomic E-state index is 12.8. The monoisotopic (exact) mass is 309 g/mol. The van der Waals surface area contributed by atoms with Crippen LogP contribution in [0, 0.1) is 0 Å². The van der Waals surface area contributed by atoms with Crippen LogP contribution in [0.1, 0.15) is 15.9 Å². The molecule has 1 aliphatic carbocycles. The zero-order valence-corrected chi connectivity index (χ0v) is 13.2. The van der Waals surface area contributed by atoms with Crippen LogP contribution in [0.3, 0.4) is 0 Å². The fourth-order valence-electron chi connectivity index (χ4n) is 3.02. The molecule has 4 heteroatoms. The third-order valence-corrected chi connectivity index (χ3v) is 5.48. The van der Waals surface area contributed by atoms with Gasteiger partial charge >= 0.3 is 0 Å². The Morgan fingerprint density at radius 3 is 2.77 bits per heavy atom. The highest BCUT2D eigenvalue weighted by Crippen LogP contribution is 2.48. The minimum Gasteiger partial charge on any atom is -0.497 e. The third kappa shape index (κ3) is 1.87. The van der Waals surface area contributed by atoms with Gasteiger partial charge in [-0.05, 0) is 29.8 Å². The Bertz CT molecular complexity index is 826. The minimum atomic E-state index is 0.121. The van der Waals surface area contributed by atoms with Gasteiger partial charge in [0.05, 0.1) is 17.8 Å². The van der Waals surface area contributed by atoms with E-state index in [2.05, 4.69) is 17.0 Å². The van der Waals surface area contributed by atoms with Crippen LogP contribution in [-0.4, -0.2) is 19.9 Å². The number of hydrogen-bond donors (Lipinski definition) is 0. The summed E-state index contributed by atoms with van der Waals surface area (Å²) in [5.74, 6) is 0.852. The Balaban J connectivity index is 1.78. The van der Waals surface area contributed by atoms with Crippen molar-refractivity contribution in [3.05, 3.63) is 64.2 Å². The molecule has 0 atom stereocenters. The smallest absolute Gasteiger partial charge is 0.192 e. The van der Waals surface area contributed by atoms with Crippen LogP contribution >= 0.6 is 11.8 Å². The number of fused-ring (bicyclic) bond motifs is 2. The first-order chi connectivity index (χ1) is 10.7. The number of rotatable bonds is 1. The number of allylic oxidation sites excluding steroid dienone is 1. The maximum absolute atomic E-state index is 12.8. The van der Waals surface area contributed by atoms with Gasteiger partial charge in [0.15, 0.2) is 5.78 Å². The summed E-state index contributed by atoms with van der Waals surface area (Å²) in [7, 11) is 3.65. The average molecular weight is 309 g/mol. The van der Waals surface area contributed by atoms with Crippen molar-refractivity contribution < 1.29 is 9.53 Å². The molecule has 0 fully saturated rings. The van der Waals surface area contributed by atoms with Crippen LogP contribution in [0.15, 0.2) is 58.0 Å². The highest BCUT2D eigenvalue weighted by atomic mass is 32.2. The van der Waals surface area contributed by atoms with Crippen LogP contribution in [0.4, 0.5) is 5.69 Å². The molecule has 110 valence electrons. The fourth-order valence-corrected chi connectivity index (χ4v) is 4.21. The van der Waals surface area contributed by atoms with Crippen LogP contribution in [-0.2, 0) is 6.42 Å². The van der Waals surface area contributed by atoms with Gasteiger partial charge in [-0.3, -0.25) is 4.79 Å². The number of thioether (sulfide) groups is 1. The molecule has 1 aliphatic heterocycles. The first-order valence-electron chi connectivity index (χ1n) is 7.14. The normalized spacial score (nSPS) is 19.4. The first kappa shape index (κ1) is 13.5. The van der Waals surface area contributed by atoms with Gasteiger partial charge in [0, 0.05) is 29.5 Å². The second kappa shape index (κ2) is 4.92. The molecule has 0 N–H and O–H groups in total. The number of hydrogen-bond acceptors (Lipinski definition) is 4. The van der Waals surface area contributed by atoms with Gasteiger partial charge in [0.25, 0.3) is 0 Å². The van der Waals surface area contributed by atoms with Gasteiger partial charge in [-0.25, -0.2) is 0 Å². The standard InChI is InChI=1S/C18H15NO2S/c1-19-15-5-3-4-6-16(15)22-18(19)14-9-11-7-8-12(21-2)10-13(11)17(14)20/h3-8,10H,9H2,1-2H3. The highest BCUT2D eigenvalue weighted by Gasteiger charge is 2.33. The lowest BCUT2D eigenvalue weighted by Gasteiger charge is -2.15. The lowest BCUT2D eigenvalue weighted by Crippen LogP contribution is -2.14. The van der Waals surface area contributed by atoms with E-state index in [-0.39, 0.29) is 5.78 Å². The molecule has 0 aromatic heterocycles. The lowest BCUT2D eigenvalue weighted by atomic mass is 10.1. The number of ether oxygens (including phenoxy) is 1. The highest BCUT2D eigenvalue weighted by molar-refractivity contribution is 8.03. The number of carbonyl (C=O) groups excluding carboxylic acids is 1. The third-order valence-electron chi connectivity index (χ3n) is 4.20. The van der Waals surface area contributed by atoms with Crippen LogP contribution in [0.2, 0.25) is 0 Å². The first-order valence-corrected chi connectivity index (χ1v) is 7.96. The van der Waals surface area contributed by atoms with Gasteiger partial charge in [-0.15, -0.1) is 0 Å². The lowest BCUT2D eigenvalue weighted by molar-refractivity contribution is 0.103. The van der Waals surface area contributed by atoms with Gasteiger partial charge < -0.3 is 9.64 Å². The summed E-state index contributed by atoms with van der Waals surface area (Å²) in [6.07, 6.45) is 0.693. The molecule has 0 unspecified atom stereocenters. The molecule has 0 saturated heterocycles. The van der Waals surface area contributed by atoms with Crippen LogP contribution < -0.4 is 9.64 Å². The molecule has 3 nitrogen and oxygen atoms in total. The molecule has 0 amide bonds. The zero-order valence-electron chi connectivity index (χ0n) is 12.4. The number of Topliss-reactive ketones (excluding diaryl/α,β-unsaturated/α-hetero) is 1. The molecule has 0 saturated carbocycles. The molecular formula is C18H15NO2S.